The Balaban J connectivity index is 1.45. The van der Waals surface area contributed by atoms with Crippen LogP contribution >= 0.6 is 11.6 Å². The summed E-state index contributed by atoms with van der Waals surface area (Å²) < 4.78 is 39.2. The molecule has 2 N–H and O–H groups in total. The van der Waals surface area contributed by atoms with Crippen LogP contribution in [0, 0.1) is 0 Å². The van der Waals surface area contributed by atoms with Crippen molar-refractivity contribution in [3.8, 4) is 11.5 Å². The van der Waals surface area contributed by atoms with E-state index in [9.17, 15) is 13.2 Å². The standard InChI is InChI=1S/C24H23ClN2O5S/c1-31-22-12-10-20(14-23(22)33(29,30)27-19-8-6-18(25)7-9-19)26-24(28)15-32-21-11-5-16-3-2-4-17(16)13-21/h5-14,27H,2-4,15H2,1H3,(H,26,28). The lowest BCUT2D eigenvalue weighted by molar-refractivity contribution is -0.118. The van der Waals surface area contributed by atoms with Gasteiger partial charge in [0.15, 0.2) is 6.61 Å². The van der Waals surface area contributed by atoms with Gasteiger partial charge in [-0.1, -0.05) is 17.7 Å². The van der Waals surface area contributed by atoms with Crippen LogP contribution in [-0.2, 0) is 27.7 Å². The Hall–Kier alpha value is -3.23. The van der Waals surface area contributed by atoms with Crippen LogP contribution in [0.4, 0.5) is 11.4 Å². The summed E-state index contributed by atoms with van der Waals surface area (Å²) in [6.07, 6.45) is 3.23. The van der Waals surface area contributed by atoms with Crippen molar-refractivity contribution in [3.63, 3.8) is 0 Å². The number of hydrogen-bond donors (Lipinski definition) is 2. The van der Waals surface area contributed by atoms with Gasteiger partial charge in [-0.3, -0.25) is 9.52 Å². The summed E-state index contributed by atoms with van der Waals surface area (Å²) in [5, 5.41) is 3.16. The fourth-order valence-corrected chi connectivity index (χ4v) is 5.06. The molecule has 0 unspecified atom stereocenters. The molecule has 0 aromatic heterocycles. The normalized spacial score (nSPS) is 12.7. The maximum absolute atomic E-state index is 12.9. The molecule has 1 aliphatic carbocycles. The highest BCUT2D eigenvalue weighted by atomic mass is 35.5. The van der Waals surface area contributed by atoms with Crippen LogP contribution in [0.5, 0.6) is 11.5 Å². The maximum Gasteiger partial charge on any atom is 0.265 e. The van der Waals surface area contributed by atoms with Crippen LogP contribution in [0.2, 0.25) is 5.02 Å². The van der Waals surface area contributed by atoms with E-state index in [2.05, 4.69) is 10.0 Å². The fourth-order valence-electron chi connectivity index (χ4n) is 3.68. The lowest BCUT2D eigenvalue weighted by Crippen LogP contribution is -2.21. The number of methoxy groups -OCH3 is 1. The smallest absolute Gasteiger partial charge is 0.265 e. The van der Waals surface area contributed by atoms with Gasteiger partial charge in [0.25, 0.3) is 15.9 Å². The van der Waals surface area contributed by atoms with Gasteiger partial charge in [-0.2, -0.15) is 0 Å². The van der Waals surface area contributed by atoms with Crippen molar-refractivity contribution in [1.29, 1.82) is 0 Å². The molecular weight excluding hydrogens is 464 g/mol. The number of benzene rings is 3. The first-order valence-corrected chi connectivity index (χ1v) is 12.2. The molecule has 0 saturated heterocycles. The predicted molar refractivity (Wildman–Crippen MR) is 128 cm³/mol. The highest BCUT2D eigenvalue weighted by molar-refractivity contribution is 7.92. The van der Waals surface area contributed by atoms with E-state index in [0.717, 1.165) is 19.3 Å². The minimum Gasteiger partial charge on any atom is -0.495 e. The number of anilines is 2. The van der Waals surface area contributed by atoms with Gasteiger partial charge >= 0.3 is 0 Å². The first-order valence-electron chi connectivity index (χ1n) is 10.3. The molecule has 0 radical (unpaired) electrons. The van der Waals surface area contributed by atoms with Crippen LogP contribution < -0.4 is 19.5 Å². The van der Waals surface area contributed by atoms with Crippen molar-refractivity contribution in [2.45, 2.75) is 24.2 Å². The molecule has 4 rings (SSSR count). The molecule has 0 atom stereocenters. The van der Waals surface area contributed by atoms with Crippen LogP contribution in [0.3, 0.4) is 0 Å². The van der Waals surface area contributed by atoms with E-state index in [-0.39, 0.29) is 17.3 Å². The molecular formula is C24H23ClN2O5S. The Morgan fingerprint density at radius 1 is 0.970 bits per heavy atom. The molecule has 0 saturated carbocycles. The van der Waals surface area contributed by atoms with E-state index in [1.807, 2.05) is 18.2 Å². The molecule has 1 amide bonds. The number of ether oxygens (including phenoxy) is 2. The highest BCUT2D eigenvalue weighted by Gasteiger charge is 2.21. The third-order valence-electron chi connectivity index (χ3n) is 5.27. The van der Waals surface area contributed by atoms with Gasteiger partial charge in [0, 0.05) is 16.4 Å². The summed E-state index contributed by atoms with van der Waals surface area (Å²) in [4.78, 5) is 12.3. The quantitative estimate of drug-likeness (QED) is 0.483. The molecule has 0 aliphatic heterocycles. The maximum atomic E-state index is 12.9. The van der Waals surface area contributed by atoms with Crippen LogP contribution in [0.25, 0.3) is 0 Å². The number of nitrogens with one attached hydrogen (secondary N) is 2. The third-order valence-corrected chi connectivity index (χ3v) is 6.93. The largest absolute Gasteiger partial charge is 0.495 e. The Kier molecular flexibility index (Phi) is 6.76. The third kappa shape index (κ3) is 5.58. The van der Waals surface area contributed by atoms with Crippen molar-refractivity contribution >= 4 is 38.9 Å². The molecule has 1 aliphatic rings. The molecule has 0 bridgehead atoms. The van der Waals surface area contributed by atoms with Gasteiger partial charge in [0.05, 0.1) is 7.11 Å². The summed E-state index contributed by atoms with van der Waals surface area (Å²) in [6.45, 7) is -0.198. The Labute approximate surface area is 197 Å². The van der Waals surface area contributed by atoms with E-state index in [0.29, 0.717) is 22.1 Å². The monoisotopic (exact) mass is 486 g/mol. The second kappa shape index (κ2) is 9.72. The number of halogens is 1. The summed E-state index contributed by atoms with van der Waals surface area (Å²) in [5.74, 6) is 0.370. The molecule has 3 aromatic rings. The fraction of sp³-hybridized carbons (Fsp3) is 0.208. The van der Waals surface area contributed by atoms with Crippen molar-refractivity contribution in [2.75, 3.05) is 23.8 Å². The molecule has 172 valence electrons. The van der Waals surface area contributed by atoms with Gasteiger partial charge in [-0.15, -0.1) is 0 Å². The molecule has 0 spiro atoms. The number of hydrogen-bond acceptors (Lipinski definition) is 5. The van der Waals surface area contributed by atoms with Gasteiger partial charge in [-0.25, -0.2) is 8.42 Å². The predicted octanol–water partition coefficient (Wildman–Crippen LogP) is 4.66. The number of rotatable bonds is 8. The zero-order chi connectivity index (χ0) is 23.4. The number of fused-ring (bicyclic) bond motifs is 1. The van der Waals surface area contributed by atoms with Gasteiger partial charge in [0.2, 0.25) is 0 Å². The molecule has 3 aromatic carbocycles. The van der Waals surface area contributed by atoms with E-state index in [4.69, 9.17) is 21.1 Å². The molecule has 7 nitrogen and oxygen atoms in total. The van der Waals surface area contributed by atoms with Gasteiger partial charge in [0.1, 0.15) is 16.4 Å². The lowest BCUT2D eigenvalue weighted by Gasteiger charge is -2.14. The van der Waals surface area contributed by atoms with E-state index in [1.54, 1.807) is 30.3 Å². The van der Waals surface area contributed by atoms with Gasteiger partial charge in [-0.05, 0) is 85.0 Å². The highest BCUT2D eigenvalue weighted by Crippen LogP contribution is 2.29. The Morgan fingerprint density at radius 2 is 1.70 bits per heavy atom. The average Bonchev–Trinajstić information content (AvgIpc) is 3.27. The van der Waals surface area contributed by atoms with Crippen LogP contribution in [0.15, 0.2) is 65.6 Å². The second-order valence-electron chi connectivity index (χ2n) is 7.60. The second-order valence-corrected chi connectivity index (χ2v) is 9.69. The average molecular weight is 487 g/mol. The van der Waals surface area contributed by atoms with E-state index in [1.165, 1.54) is 30.4 Å². The van der Waals surface area contributed by atoms with Gasteiger partial charge < -0.3 is 14.8 Å². The molecule has 0 fully saturated rings. The van der Waals surface area contributed by atoms with Crippen molar-refractivity contribution < 1.29 is 22.7 Å². The summed E-state index contributed by atoms with van der Waals surface area (Å²) in [5.41, 5.74) is 3.23. The van der Waals surface area contributed by atoms with Crippen molar-refractivity contribution in [3.05, 3.63) is 76.8 Å². The number of aryl methyl sites for hydroxylation is 2. The molecule has 9 heteroatoms. The Morgan fingerprint density at radius 3 is 2.45 bits per heavy atom. The number of amides is 1. The van der Waals surface area contributed by atoms with Crippen molar-refractivity contribution in [1.82, 2.24) is 0 Å². The minimum atomic E-state index is -3.99. The molecule has 0 heterocycles. The topological polar surface area (TPSA) is 93.7 Å². The zero-order valence-corrected chi connectivity index (χ0v) is 19.5. The number of sulfonamides is 1. The molecule has 33 heavy (non-hydrogen) atoms. The summed E-state index contributed by atoms with van der Waals surface area (Å²) in [7, 11) is -2.61. The van der Waals surface area contributed by atoms with E-state index >= 15 is 0 Å². The number of carbonyl (C=O) groups excluding carboxylic acids is 1. The lowest BCUT2D eigenvalue weighted by atomic mass is 10.1. The van der Waals surface area contributed by atoms with Crippen LogP contribution in [-0.4, -0.2) is 28.0 Å². The zero-order valence-electron chi connectivity index (χ0n) is 17.9. The summed E-state index contributed by atoms with van der Waals surface area (Å²) >= 11 is 5.86. The SMILES string of the molecule is COc1ccc(NC(=O)COc2ccc3c(c2)CCC3)cc1S(=O)(=O)Nc1ccc(Cl)cc1. The summed E-state index contributed by atoms with van der Waals surface area (Å²) in [6, 6.07) is 16.5. The number of carbonyl (C=O) groups is 1. The van der Waals surface area contributed by atoms with Crippen molar-refractivity contribution in [2.24, 2.45) is 0 Å². The minimum absolute atomic E-state index is 0.114. The Bertz CT molecular complexity index is 1280. The van der Waals surface area contributed by atoms with Crippen LogP contribution in [0.1, 0.15) is 17.5 Å². The first kappa shape index (κ1) is 22.9. The van der Waals surface area contributed by atoms with E-state index < -0.39 is 15.9 Å². The first-order chi connectivity index (χ1) is 15.8.